The van der Waals surface area contributed by atoms with Gasteiger partial charge < -0.3 is 4.90 Å². The molecule has 1 aromatic carbocycles. The fraction of sp³-hybridized carbons (Fsp3) is 0.375. The number of fused-ring (bicyclic) bond motifs is 1. The summed E-state index contributed by atoms with van der Waals surface area (Å²) in [6.45, 7) is 6.47. The Kier molecular flexibility index (Phi) is 3.31. The number of carbonyl (C=O) groups excluding carboxylic acids is 1. The molecule has 0 atom stereocenters. The Balaban J connectivity index is 2.76. The third kappa shape index (κ3) is 2.46. The summed E-state index contributed by atoms with van der Waals surface area (Å²) in [5, 5.41) is 2.03. The SMILES string of the molecule is CN(C)C(=O)c1ncc(C(C)(C)C)c2ccccc12. The second kappa shape index (κ2) is 4.65. The quantitative estimate of drug-likeness (QED) is 0.784. The zero-order valence-electron chi connectivity index (χ0n) is 12.2. The Morgan fingerprint density at radius 3 is 2.21 bits per heavy atom. The van der Waals surface area contributed by atoms with Crippen molar-refractivity contribution < 1.29 is 4.79 Å². The Morgan fingerprint density at radius 2 is 1.68 bits per heavy atom. The molecule has 1 aromatic heterocycles. The van der Waals surface area contributed by atoms with Gasteiger partial charge in [-0.2, -0.15) is 0 Å². The van der Waals surface area contributed by atoms with Crippen LogP contribution < -0.4 is 0 Å². The molecule has 0 unspecified atom stereocenters. The number of aromatic nitrogens is 1. The predicted octanol–water partition coefficient (Wildman–Crippen LogP) is 3.23. The first-order chi connectivity index (χ1) is 8.82. The number of amides is 1. The van der Waals surface area contributed by atoms with Gasteiger partial charge in [-0.05, 0) is 16.4 Å². The van der Waals surface area contributed by atoms with Crippen molar-refractivity contribution in [1.82, 2.24) is 9.88 Å². The molecule has 2 rings (SSSR count). The molecule has 0 aliphatic heterocycles. The van der Waals surface area contributed by atoms with Gasteiger partial charge in [-0.3, -0.25) is 9.78 Å². The molecule has 1 amide bonds. The minimum absolute atomic E-state index is 0.00625. The van der Waals surface area contributed by atoms with E-state index >= 15 is 0 Å². The second-order valence-electron chi connectivity index (χ2n) is 6.02. The van der Waals surface area contributed by atoms with Crippen molar-refractivity contribution in [3.05, 3.63) is 41.7 Å². The van der Waals surface area contributed by atoms with Crippen molar-refractivity contribution in [2.45, 2.75) is 26.2 Å². The zero-order valence-corrected chi connectivity index (χ0v) is 12.2. The van der Waals surface area contributed by atoms with E-state index in [1.807, 2.05) is 24.4 Å². The van der Waals surface area contributed by atoms with Crippen LogP contribution in [0.3, 0.4) is 0 Å². The summed E-state index contributed by atoms with van der Waals surface area (Å²) in [4.78, 5) is 18.1. The van der Waals surface area contributed by atoms with E-state index in [1.54, 1.807) is 19.0 Å². The maximum absolute atomic E-state index is 12.2. The Morgan fingerprint density at radius 1 is 1.11 bits per heavy atom. The van der Waals surface area contributed by atoms with E-state index in [0.717, 1.165) is 10.8 Å². The lowest BCUT2D eigenvalue weighted by atomic mass is 9.84. The summed E-state index contributed by atoms with van der Waals surface area (Å²) in [5.41, 5.74) is 1.69. The Labute approximate surface area is 114 Å². The van der Waals surface area contributed by atoms with E-state index in [-0.39, 0.29) is 11.3 Å². The number of carbonyl (C=O) groups is 1. The van der Waals surface area contributed by atoms with Gasteiger partial charge in [-0.25, -0.2) is 0 Å². The van der Waals surface area contributed by atoms with Crippen molar-refractivity contribution in [2.75, 3.05) is 14.1 Å². The van der Waals surface area contributed by atoms with E-state index in [9.17, 15) is 4.79 Å². The van der Waals surface area contributed by atoms with Gasteiger partial charge in [-0.1, -0.05) is 45.0 Å². The highest BCUT2D eigenvalue weighted by Gasteiger charge is 2.21. The molecular formula is C16H20N2O. The van der Waals surface area contributed by atoms with E-state index in [2.05, 4.69) is 31.8 Å². The molecule has 100 valence electrons. The molecule has 0 fully saturated rings. The molecule has 19 heavy (non-hydrogen) atoms. The smallest absolute Gasteiger partial charge is 0.272 e. The van der Waals surface area contributed by atoms with Crippen molar-refractivity contribution in [1.29, 1.82) is 0 Å². The summed E-state index contributed by atoms with van der Waals surface area (Å²) >= 11 is 0. The monoisotopic (exact) mass is 256 g/mol. The first kappa shape index (κ1) is 13.5. The number of benzene rings is 1. The lowest BCUT2D eigenvalue weighted by molar-refractivity contribution is 0.0824. The van der Waals surface area contributed by atoms with Crippen LogP contribution in [-0.4, -0.2) is 29.9 Å². The van der Waals surface area contributed by atoms with Crippen LogP contribution in [0.1, 0.15) is 36.8 Å². The lowest BCUT2D eigenvalue weighted by Crippen LogP contribution is -2.24. The molecule has 3 nitrogen and oxygen atoms in total. The molecule has 3 heteroatoms. The number of rotatable bonds is 1. The first-order valence-electron chi connectivity index (χ1n) is 6.42. The molecule has 1 heterocycles. The van der Waals surface area contributed by atoms with Crippen LogP contribution in [0, 0.1) is 0 Å². The number of nitrogens with zero attached hydrogens (tertiary/aromatic N) is 2. The van der Waals surface area contributed by atoms with Crippen LogP contribution in [0.2, 0.25) is 0 Å². The van der Waals surface area contributed by atoms with Gasteiger partial charge in [0.2, 0.25) is 0 Å². The minimum Gasteiger partial charge on any atom is -0.343 e. The van der Waals surface area contributed by atoms with Crippen LogP contribution in [-0.2, 0) is 5.41 Å². The van der Waals surface area contributed by atoms with Gasteiger partial charge in [-0.15, -0.1) is 0 Å². The number of hydrogen-bond donors (Lipinski definition) is 0. The molecule has 0 radical (unpaired) electrons. The van der Waals surface area contributed by atoms with Gasteiger partial charge in [0.25, 0.3) is 5.91 Å². The normalized spacial score (nSPS) is 11.6. The van der Waals surface area contributed by atoms with E-state index < -0.39 is 0 Å². The predicted molar refractivity (Wildman–Crippen MR) is 78.5 cm³/mol. The van der Waals surface area contributed by atoms with Crippen molar-refractivity contribution >= 4 is 16.7 Å². The fourth-order valence-corrected chi connectivity index (χ4v) is 2.17. The molecule has 0 aliphatic rings. The van der Waals surface area contributed by atoms with Crippen molar-refractivity contribution in [2.24, 2.45) is 0 Å². The maximum atomic E-state index is 12.2. The largest absolute Gasteiger partial charge is 0.343 e. The second-order valence-corrected chi connectivity index (χ2v) is 6.02. The number of hydrogen-bond acceptors (Lipinski definition) is 2. The summed E-state index contributed by atoms with van der Waals surface area (Å²) in [6, 6.07) is 7.97. The summed E-state index contributed by atoms with van der Waals surface area (Å²) in [7, 11) is 3.49. The molecule has 0 N–H and O–H groups in total. The molecule has 2 aromatic rings. The van der Waals surface area contributed by atoms with Gasteiger partial charge >= 0.3 is 0 Å². The molecule has 0 bridgehead atoms. The summed E-state index contributed by atoms with van der Waals surface area (Å²) < 4.78 is 0. The molecule has 0 saturated heterocycles. The average Bonchev–Trinajstić information content (AvgIpc) is 2.35. The van der Waals surface area contributed by atoms with E-state index in [0.29, 0.717) is 5.69 Å². The van der Waals surface area contributed by atoms with Gasteiger partial charge in [0.05, 0.1) is 0 Å². The minimum atomic E-state index is -0.0586. The van der Waals surface area contributed by atoms with Crippen molar-refractivity contribution in [3.8, 4) is 0 Å². The van der Waals surface area contributed by atoms with Crippen LogP contribution in [0.25, 0.3) is 10.8 Å². The third-order valence-corrected chi connectivity index (χ3v) is 3.21. The van der Waals surface area contributed by atoms with Crippen LogP contribution in [0.5, 0.6) is 0 Å². The Bertz CT molecular complexity index is 624. The fourth-order valence-electron chi connectivity index (χ4n) is 2.17. The van der Waals surface area contributed by atoms with Crippen molar-refractivity contribution in [3.63, 3.8) is 0 Å². The van der Waals surface area contributed by atoms with Gasteiger partial charge in [0.1, 0.15) is 5.69 Å². The molecule has 0 spiro atoms. The Hall–Kier alpha value is -1.90. The zero-order chi connectivity index (χ0) is 14.2. The summed E-state index contributed by atoms with van der Waals surface area (Å²) in [6.07, 6.45) is 1.83. The number of pyridine rings is 1. The average molecular weight is 256 g/mol. The lowest BCUT2D eigenvalue weighted by Gasteiger charge is -2.22. The highest BCUT2D eigenvalue weighted by Crippen LogP contribution is 2.30. The van der Waals surface area contributed by atoms with E-state index in [4.69, 9.17) is 0 Å². The highest BCUT2D eigenvalue weighted by atomic mass is 16.2. The van der Waals surface area contributed by atoms with Crippen LogP contribution >= 0.6 is 0 Å². The van der Waals surface area contributed by atoms with Gasteiger partial charge in [0.15, 0.2) is 0 Å². The highest BCUT2D eigenvalue weighted by molar-refractivity contribution is 6.05. The maximum Gasteiger partial charge on any atom is 0.272 e. The first-order valence-corrected chi connectivity index (χ1v) is 6.42. The standard InChI is InChI=1S/C16H20N2O/c1-16(2,3)13-10-17-14(15(19)18(4)5)12-9-7-6-8-11(12)13/h6-10H,1-5H3. The van der Waals surface area contributed by atoms with E-state index in [1.165, 1.54) is 5.56 Å². The van der Waals surface area contributed by atoms with Crippen LogP contribution in [0.15, 0.2) is 30.5 Å². The van der Waals surface area contributed by atoms with Crippen LogP contribution in [0.4, 0.5) is 0 Å². The topological polar surface area (TPSA) is 33.2 Å². The summed E-state index contributed by atoms with van der Waals surface area (Å²) in [5.74, 6) is -0.0586. The molecule has 0 saturated carbocycles. The van der Waals surface area contributed by atoms with Gasteiger partial charge in [0, 0.05) is 25.7 Å². The molecule has 0 aliphatic carbocycles. The third-order valence-electron chi connectivity index (χ3n) is 3.21. The molecular weight excluding hydrogens is 236 g/mol.